The van der Waals surface area contributed by atoms with Gasteiger partial charge in [-0.2, -0.15) is 0 Å². The van der Waals surface area contributed by atoms with E-state index >= 15 is 0 Å². The molecule has 0 aliphatic carbocycles. The van der Waals surface area contributed by atoms with E-state index in [0.717, 1.165) is 54.6 Å². The first kappa shape index (κ1) is 18.9. The molecular weight excluding hydrogens is 399 g/mol. The summed E-state index contributed by atoms with van der Waals surface area (Å²) in [6.45, 7) is 1.57. The molecule has 1 N–H and O–H groups in total. The molecule has 0 radical (unpaired) electrons. The molecule has 1 amide bonds. The molecule has 1 aliphatic rings. The number of nitrogens with one attached hydrogen (secondary N) is 1. The molecule has 1 aliphatic heterocycles. The van der Waals surface area contributed by atoms with E-state index in [9.17, 15) is 17.6 Å². The molecule has 2 heterocycles. The maximum atomic E-state index is 13.0. The zero-order chi connectivity index (χ0) is 19.7. The molecule has 3 aromatic rings. The van der Waals surface area contributed by atoms with Gasteiger partial charge in [-0.25, -0.2) is 12.8 Å². The lowest BCUT2D eigenvalue weighted by Gasteiger charge is -2.26. The molecule has 0 unspecified atom stereocenters. The summed E-state index contributed by atoms with van der Waals surface area (Å²) in [5.41, 5.74) is 0.395. The van der Waals surface area contributed by atoms with Gasteiger partial charge in [0, 0.05) is 23.5 Å². The lowest BCUT2D eigenvalue weighted by atomic mass is 10.1. The summed E-state index contributed by atoms with van der Waals surface area (Å²) in [5.74, 6) is -0.459. The lowest BCUT2D eigenvalue weighted by Crippen LogP contribution is -2.35. The molecule has 1 saturated heterocycles. The number of benzene rings is 2. The molecule has 28 heavy (non-hydrogen) atoms. The van der Waals surface area contributed by atoms with Crippen molar-refractivity contribution >= 4 is 43.0 Å². The van der Waals surface area contributed by atoms with Gasteiger partial charge in [0.15, 0.2) is 0 Å². The molecule has 0 spiro atoms. The van der Waals surface area contributed by atoms with E-state index in [2.05, 4.69) is 4.72 Å². The first-order valence-electron chi connectivity index (χ1n) is 9.04. The highest BCUT2D eigenvalue weighted by Crippen LogP contribution is 2.30. The molecule has 1 fully saturated rings. The van der Waals surface area contributed by atoms with Crippen molar-refractivity contribution in [2.24, 2.45) is 0 Å². The molecular formula is C20H19FN2O3S2. The van der Waals surface area contributed by atoms with Crippen LogP contribution in [0.25, 0.3) is 10.1 Å². The van der Waals surface area contributed by atoms with Crippen molar-refractivity contribution in [2.75, 3.05) is 17.8 Å². The number of piperidine rings is 1. The Morgan fingerprint density at radius 3 is 2.43 bits per heavy atom. The van der Waals surface area contributed by atoms with E-state index in [-0.39, 0.29) is 10.8 Å². The largest absolute Gasteiger partial charge is 0.338 e. The number of hydrogen-bond acceptors (Lipinski definition) is 4. The van der Waals surface area contributed by atoms with Gasteiger partial charge in [0.25, 0.3) is 15.9 Å². The highest BCUT2D eigenvalue weighted by molar-refractivity contribution is 7.92. The maximum Gasteiger partial charge on any atom is 0.263 e. The molecule has 4 rings (SSSR count). The molecule has 0 bridgehead atoms. The van der Waals surface area contributed by atoms with E-state index < -0.39 is 15.8 Å². The van der Waals surface area contributed by atoms with E-state index in [1.54, 1.807) is 18.2 Å². The second-order valence-electron chi connectivity index (χ2n) is 6.78. The number of amides is 1. The number of likely N-dealkylation sites (tertiary alicyclic amines) is 1. The Labute approximate surface area is 166 Å². The van der Waals surface area contributed by atoms with Crippen molar-refractivity contribution in [1.29, 1.82) is 0 Å². The van der Waals surface area contributed by atoms with E-state index in [1.807, 2.05) is 11.0 Å². The monoisotopic (exact) mass is 418 g/mol. The number of sulfonamides is 1. The third-order valence-corrected chi connectivity index (χ3v) is 7.25. The van der Waals surface area contributed by atoms with E-state index in [0.29, 0.717) is 10.6 Å². The molecule has 0 atom stereocenters. The second-order valence-corrected chi connectivity index (χ2v) is 9.54. The van der Waals surface area contributed by atoms with Gasteiger partial charge in [0.05, 0.1) is 9.77 Å². The Hall–Kier alpha value is -2.45. The molecule has 1 aromatic heterocycles. The number of anilines is 1. The van der Waals surface area contributed by atoms with Crippen LogP contribution in [-0.4, -0.2) is 32.3 Å². The van der Waals surface area contributed by atoms with Crippen molar-refractivity contribution in [2.45, 2.75) is 24.2 Å². The number of rotatable bonds is 4. The number of fused-ring (bicyclic) bond motifs is 1. The number of hydrogen-bond donors (Lipinski definition) is 1. The van der Waals surface area contributed by atoms with Crippen LogP contribution in [0.4, 0.5) is 10.1 Å². The standard InChI is InChI=1S/C20H19FN2O3S2/c21-15-4-7-17(8-5-15)28(25,26)22-16-6-9-18-14(12-16)13-19(27-18)20(24)23-10-2-1-3-11-23/h4-9,12-13,22H,1-3,10-11H2. The average Bonchev–Trinajstić information content (AvgIpc) is 3.11. The quantitative estimate of drug-likeness (QED) is 0.680. The third-order valence-electron chi connectivity index (χ3n) is 4.75. The summed E-state index contributed by atoms with van der Waals surface area (Å²) in [6, 6.07) is 11.6. The van der Waals surface area contributed by atoms with Crippen molar-refractivity contribution in [1.82, 2.24) is 4.90 Å². The van der Waals surface area contributed by atoms with Gasteiger partial charge >= 0.3 is 0 Å². The van der Waals surface area contributed by atoms with Gasteiger partial charge < -0.3 is 4.90 Å². The molecule has 2 aromatic carbocycles. The number of halogens is 1. The minimum Gasteiger partial charge on any atom is -0.338 e. The topological polar surface area (TPSA) is 66.5 Å². The van der Waals surface area contributed by atoms with Crippen molar-refractivity contribution < 1.29 is 17.6 Å². The van der Waals surface area contributed by atoms with Crippen LogP contribution in [0.2, 0.25) is 0 Å². The van der Waals surface area contributed by atoms with E-state index in [4.69, 9.17) is 0 Å². The summed E-state index contributed by atoms with van der Waals surface area (Å²) >= 11 is 1.41. The highest BCUT2D eigenvalue weighted by Gasteiger charge is 2.20. The number of carbonyl (C=O) groups is 1. The normalized spacial score (nSPS) is 15.0. The Kier molecular flexibility index (Phi) is 5.07. The first-order valence-corrected chi connectivity index (χ1v) is 11.3. The zero-order valence-corrected chi connectivity index (χ0v) is 16.7. The van der Waals surface area contributed by atoms with E-state index in [1.165, 1.54) is 23.5 Å². The SMILES string of the molecule is O=C(c1cc2cc(NS(=O)(=O)c3ccc(F)cc3)ccc2s1)N1CCCCC1. The molecule has 0 saturated carbocycles. The Morgan fingerprint density at radius 2 is 1.71 bits per heavy atom. The molecule has 5 nitrogen and oxygen atoms in total. The van der Waals surface area contributed by atoms with Gasteiger partial charge in [0.2, 0.25) is 0 Å². The van der Waals surface area contributed by atoms with Crippen LogP contribution in [0.1, 0.15) is 28.9 Å². The fourth-order valence-electron chi connectivity index (χ4n) is 3.29. The lowest BCUT2D eigenvalue weighted by molar-refractivity contribution is 0.0729. The van der Waals surface area contributed by atoms with Crippen LogP contribution in [0.5, 0.6) is 0 Å². The van der Waals surface area contributed by atoms with Gasteiger partial charge in [0.1, 0.15) is 5.82 Å². The fraction of sp³-hybridized carbons (Fsp3) is 0.250. The third kappa shape index (κ3) is 3.88. The number of carbonyl (C=O) groups excluding carboxylic acids is 1. The maximum absolute atomic E-state index is 13.0. The van der Waals surface area contributed by atoms with Gasteiger partial charge in [-0.3, -0.25) is 9.52 Å². The molecule has 8 heteroatoms. The van der Waals surface area contributed by atoms with Gasteiger partial charge in [-0.05, 0) is 73.2 Å². The second kappa shape index (κ2) is 7.52. The van der Waals surface area contributed by atoms with Crippen LogP contribution < -0.4 is 4.72 Å². The minimum atomic E-state index is -3.81. The minimum absolute atomic E-state index is 0.0136. The summed E-state index contributed by atoms with van der Waals surface area (Å²) in [7, 11) is -3.81. The molecule has 146 valence electrons. The van der Waals surface area contributed by atoms with Crippen LogP contribution in [0, 0.1) is 5.82 Å². The summed E-state index contributed by atoms with van der Waals surface area (Å²) in [4.78, 5) is 15.2. The van der Waals surface area contributed by atoms with Crippen LogP contribution >= 0.6 is 11.3 Å². The summed E-state index contributed by atoms with van der Waals surface area (Å²) in [6.07, 6.45) is 3.23. The van der Waals surface area contributed by atoms with Gasteiger partial charge in [-0.1, -0.05) is 0 Å². The van der Waals surface area contributed by atoms with Crippen molar-refractivity contribution in [3.63, 3.8) is 0 Å². The average molecular weight is 419 g/mol. The zero-order valence-electron chi connectivity index (χ0n) is 15.0. The summed E-state index contributed by atoms with van der Waals surface area (Å²) < 4.78 is 41.4. The van der Waals surface area contributed by atoms with Crippen LogP contribution in [0.3, 0.4) is 0 Å². The number of nitrogens with zero attached hydrogens (tertiary/aromatic N) is 1. The predicted octanol–water partition coefficient (Wildman–Crippen LogP) is 4.47. The number of thiophene rings is 1. The summed E-state index contributed by atoms with van der Waals surface area (Å²) in [5, 5.41) is 0.810. The smallest absolute Gasteiger partial charge is 0.263 e. The van der Waals surface area contributed by atoms with Crippen LogP contribution in [0.15, 0.2) is 53.4 Å². The predicted molar refractivity (Wildman–Crippen MR) is 109 cm³/mol. The van der Waals surface area contributed by atoms with Crippen molar-refractivity contribution in [3.05, 3.63) is 59.2 Å². The first-order chi connectivity index (χ1) is 13.4. The van der Waals surface area contributed by atoms with Crippen molar-refractivity contribution in [3.8, 4) is 0 Å². The Morgan fingerprint density at radius 1 is 1.00 bits per heavy atom. The Balaban J connectivity index is 1.57. The van der Waals surface area contributed by atoms with Crippen LogP contribution in [-0.2, 0) is 10.0 Å². The van der Waals surface area contributed by atoms with Gasteiger partial charge in [-0.15, -0.1) is 11.3 Å². The highest BCUT2D eigenvalue weighted by atomic mass is 32.2. The Bertz CT molecular complexity index is 1120. The fourth-order valence-corrected chi connectivity index (χ4v) is 5.35.